The molecule has 0 aromatic heterocycles. The van der Waals surface area contributed by atoms with Gasteiger partial charge in [-0.25, -0.2) is 0 Å². The average molecular weight is 295 g/mol. The first-order valence-electron chi connectivity index (χ1n) is 7.75. The second-order valence-electron chi connectivity index (χ2n) is 5.67. The van der Waals surface area contributed by atoms with Crippen LogP contribution in [0.15, 0.2) is 42.5 Å². The number of carbonyl (C=O) groups excluding carboxylic acids is 1. The molecule has 1 aliphatic heterocycles. The Kier molecular flexibility index (Phi) is 4.14. The summed E-state index contributed by atoms with van der Waals surface area (Å²) in [4.78, 5) is 14.6. The molecule has 0 N–H and O–H groups in total. The van der Waals surface area contributed by atoms with Gasteiger partial charge in [-0.1, -0.05) is 31.2 Å². The van der Waals surface area contributed by atoms with E-state index in [0.29, 0.717) is 6.54 Å². The number of methoxy groups -OCH3 is 1. The average Bonchev–Trinajstić information content (AvgIpc) is 2.58. The van der Waals surface area contributed by atoms with E-state index in [1.54, 1.807) is 7.11 Å². The maximum Gasteiger partial charge on any atom is 0.254 e. The van der Waals surface area contributed by atoms with E-state index in [1.807, 2.05) is 29.2 Å². The molecular weight excluding hydrogens is 274 g/mol. The van der Waals surface area contributed by atoms with Crippen LogP contribution < -0.4 is 4.74 Å². The SMILES string of the molecule is CCc1ccc2c(c1)C(=O)N(Cc1ccc(OC)cc1)CC2. The lowest BCUT2D eigenvalue weighted by atomic mass is 9.95. The van der Waals surface area contributed by atoms with Crippen LogP contribution in [0.5, 0.6) is 5.75 Å². The minimum Gasteiger partial charge on any atom is -0.497 e. The fourth-order valence-corrected chi connectivity index (χ4v) is 2.89. The highest BCUT2D eigenvalue weighted by Gasteiger charge is 2.24. The van der Waals surface area contributed by atoms with Crippen LogP contribution in [-0.2, 0) is 19.4 Å². The molecule has 0 bridgehead atoms. The Morgan fingerprint density at radius 3 is 2.50 bits per heavy atom. The lowest BCUT2D eigenvalue weighted by molar-refractivity contribution is 0.0727. The van der Waals surface area contributed by atoms with E-state index in [1.165, 1.54) is 11.1 Å². The quantitative estimate of drug-likeness (QED) is 0.864. The predicted octanol–water partition coefficient (Wildman–Crippen LogP) is 3.46. The van der Waals surface area contributed by atoms with Crippen LogP contribution >= 0.6 is 0 Å². The van der Waals surface area contributed by atoms with Crippen molar-refractivity contribution in [2.45, 2.75) is 26.3 Å². The zero-order valence-electron chi connectivity index (χ0n) is 13.1. The molecule has 0 saturated carbocycles. The van der Waals surface area contributed by atoms with E-state index < -0.39 is 0 Å². The molecule has 2 aromatic rings. The molecular formula is C19H21NO2. The largest absolute Gasteiger partial charge is 0.497 e. The number of rotatable bonds is 4. The summed E-state index contributed by atoms with van der Waals surface area (Å²) in [6, 6.07) is 14.2. The number of fused-ring (bicyclic) bond motifs is 1. The molecule has 22 heavy (non-hydrogen) atoms. The van der Waals surface area contributed by atoms with Gasteiger partial charge in [0.1, 0.15) is 5.75 Å². The Bertz CT molecular complexity index is 676. The first-order chi connectivity index (χ1) is 10.7. The van der Waals surface area contributed by atoms with Crippen molar-refractivity contribution in [3.05, 3.63) is 64.7 Å². The van der Waals surface area contributed by atoms with E-state index >= 15 is 0 Å². The molecule has 0 saturated heterocycles. The van der Waals surface area contributed by atoms with Gasteiger partial charge in [0.2, 0.25) is 0 Å². The van der Waals surface area contributed by atoms with Crippen molar-refractivity contribution in [1.29, 1.82) is 0 Å². The summed E-state index contributed by atoms with van der Waals surface area (Å²) >= 11 is 0. The van der Waals surface area contributed by atoms with Crippen LogP contribution in [0.3, 0.4) is 0 Å². The molecule has 2 aromatic carbocycles. The van der Waals surface area contributed by atoms with Crippen LogP contribution in [0.2, 0.25) is 0 Å². The second-order valence-corrected chi connectivity index (χ2v) is 5.67. The van der Waals surface area contributed by atoms with Crippen LogP contribution in [0.25, 0.3) is 0 Å². The standard InChI is InChI=1S/C19H21NO2/c1-3-14-4-7-16-10-11-20(19(21)18(16)12-14)13-15-5-8-17(22-2)9-6-15/h4-9,12H,3,10-11,13H2,1-2H3. The van der Waals surface area contributed by atoms with Gasteiger partial charge in [-0.2, -0.15) is 0 Å². The summed E-state index contributed by atoms with van der Waals surface area (Å²) in [6.07, 6.45) is 1.89. The first-order valence-corrected chi connectivity index (χ1v) is 7.75. The van der Waals surface area contributed by atoms with Crippen molar-refractivity contribution in [2.24, 2.45) is 0 Å². The Morgan fingerprint density at radius 2 is 1.82 bits per heavy atom. The monoisotopic (exact) mass is 295 g/mol. The number of nitrogens with zero attached hydrogens (tertiary/aromatic N) is 1. The number of aryl methyl sites for hydroxylation is 1. The van der Waals surface area contributed by atoms with Gasteiger partial charge in [-0.15, -0.1) is 0 Å². The minimum absolute atomic E-state index is 0.146. The maximum atomic E-state index is 12.7. The third-order valence-corrected chi connectivity index (χ3v) is 4.28. The fourth-order valence-electron chi connectivity index (χ4n) is 2.89. The number of carbonyl (C=O) groups is 1. The zero-order chi connectivity index (χ0) is 15.5. The predicted molar refractivity (Wildman–Crippen MR) is 87.3 cm³/mol. The topological polar surface area (TPSA) is 29.5 Å². The lowest BCUT2D eigenvalue weighted by Gasteiger charge is -2.29. The van der Waals surface area contributed by atoms with Gasteiger partial charge in [-0.05, 0) is 47.7 Å². The molecule has 114 valence electrons. The Labute approximate surface area is 131 Å². The third kappa shape index (κ3) is 2.84. The van der Waals surface area contributed by atoms with Crippen LogP contribution in [0.1, 0.15) is 34.0 Å². The molecule has 0 fully saturated rings. The molecule has 3 nitrogen and oxygen atoms in total. The molecule has 1 aliphatic rings. The molecule has 3 heteroatoms. The molecule has 0 radical (unpaired) electrons. The molecule has 0 spiro atoms. The number of amides is 1. The smallest absolute Gasteiger partial charge is 0.254 e. The summed E-state index contributed by atoms with van der Waals surface area (Å²) < 4.78 is 5.17. The van der Waals surface area contributed by atoms with E-state index in [2.05, 4.69) is 25.1 Å². The van der Waals surface area contributed by atoms with Crippen molar-refractivity contribution in [2.75, 3.05) is 13.7 Å². The van der Waals surface area contributed by atoms with Crippen LogP contribution in [0.4, 0.5) is 0 Å². The van der Waals surface area contributed by atoms with Gasteiger partial charge in [0, 0.05) is 18.7 Å². The van der Waals surface area contributed by atoms with Gasteiger partial charge in [0.15, 0.2) is 0 Å². The third-order valence-electron chi connectivity index (χ3n) is 4.28. The van der Waals surface area contributed by atoms with Crippen LogP contribution in [-0.4, -0.2) is 24.5 Å². The molecule has 0 atom stereocenters. The molecule has 1 amide bonds. The number of ether oxygens (including phenoxy) is 1. The Balaban J connectivity index is 1.79. The van der Waals surface area contributed by atoms with Crippen molar-refractivity contribution in [3.63, 3.8) is 0 Å². The highest BCUT2D eigenvalue weighted by Crippen LogP contribution is 2.23. The summed E-state index contributed by atoms with van der Waals surface area (Å²) in [5, 5.41) is 0. The number of benzene rings is 2. The summed E-state index contributed by atoms with van der Waals surface area (Å²) in [6.45, 7) is 3.55. The number of hydrogen-bond acceptors (Lipinski definition) is 2. The van der Waals surface area contributed by atoms with E-state index in [4.69, 9.17) is 4.74 Å². The molecule has 1 heterocycles. The normalized spacial score (nSPS) is 13.9. The lowest BCUT2D eigenvalue weighted by Crippen LogP contribution is -2.37. The Morgan fingerprint density at radius 1 is 1.09 bits per heavy atom. The molecule has 3 rings (SSSR count). The zero-order valence-corrected chi connectivity index (χ0v) is 13.1. The minimum atomic E-state index is 0.146. The number of hydrogen-bond donors (Lipinski definition) is 0. The van der Waals surface area contributed by atoms with Crippen molar-refractivity contribution in [1.82, 2.24) is 4.90 Å². The second kappa shape index (κ2) is 6.22. The van der Waals surface area contributed by atoms with Gasteiger partial charge in [0.25, 0.3) is 5.91 Å². The summed E-state index contributed by atoms with van der Waals surface area (Å²) in [5.74, 6) is 0.985. The fraction of sp³-hybridized carbons (Fsp3) is 0.316. The van der Waals surface area contributed by atoms with Crippen LogP contribution in [0, 0.1) is 0 Å². The summed E-state index contributed by atoms with van der Waals surface area (Å²) in [7, 11) is 1.66. The van der Waals surface area contributed by atoms with E-state index in [9.17, 15) is 4.79 Å². The maximum absolute atomic E-state index is 12.7. The highest BCUT2D eigenvalue weighted by molar-refractivity contribution is 5.96. The van der Waals surface area contributed by atoms with Crippen molar-refractivity contribution < 1.29 is 9.53 Å². The molecule has 0 aliphatic carbocycles. The highest BCUT2D eigenvalue weighted by atomic mass is 16.5. The van der Waals surface area contributed by atoms with Crippen molar-refractivity contribution >= 4 is 5.91 Å². The van der Waals surface area contributed by atoms with Gasteiger partial charge in [0.05, 0.1) is 7.11 Å². The van der Waals surface area contributed by atoms with E-state index in [0.717, 1.165) is 36.3 Å². The van der Waals surface area contributed by atoms with E-state index in [-0.39, 0.29) is 5.91 Å². The molecule has 0 unspecified atom stereocenters. The van der Waals surface area contributed by atoms with Crippen molar-refractivity contribution in [3.8, 4) is 5.75 Å². The van der Waals surface area contributed by atoms with Gasteiger partial charge < -0.3 is 9.64 Å². The Hall–Kier alpha value is -2.29. The summed E-state index contributed by atoms with van der Waals surface area (Å²) in [5.41, 5.74) is 4.40. The van der Waals surface area contributed by atoms with Gasteiger partial charge >= 0.3 is 0 Å². The first kappa shape index (κ1) is 14.6. The van der Waals surface area contributed by atoms with Gasteiger partial charge in [-0.3, -0.25) is 4.79 Å².